The Kier molecular flexibility index (Phi) is 3.24. The first-order valence-electron chi connectivity index (χ1n) is 3.90. The molecule has 0 aliphatic heterocycles. The Hall–Kier alpha value is -1.36. The van der Waals surface area contributed by atoms with Gasteiger partial charge in [-0.15, -0.1) is 0 Å². The van der Waals surface area contributed by atoms with Crippen LogP contribution in [0.25, 0.3) is 0 Å². The first-order chi connectivity index (χ1) is 6.60. The average molecular weight is 216 g/mol. The number of hydrogen-bond acceptors (Lipinski definition) is 5. The number of rotatable bonds is 2. The molecule has 1 aromatic rings. The molecule has 0 aliphatic carbocycles. The molecule has 0 aliphatic rings. The molecule has 0 unspecified atom stereocenters. The maximum absolute atomic E-state index is 11.3. The van der Waals surface area contributed by atoms with Crippen LogP contribution in [0.1, 0.15) is 16.1 Å². The van der Waals surface area contributed by atoms with E-state index in [2.05, 4.69) is 20.0 Å². The standard InChI is InChI=1S/C8H10ClN3O2/c1-4-5(7(13)14-3)6(10-2)12-8(9)11-4/h1-3H3,(H,10,11,12). The van der Waals surface area contributed by atoms with Crippen LogP contribution in [0.3, 0.4) is 0 Å². The van der Waals surface area contributed by atoms with Crippen molar-refractivity contribution in [2.24, 2.45) is 0 Å². The highest BCUT2D eigenvalue weighted by Crippen LogP contribution is 2.18. The number of esters is 1. The number of nitrogens with one attached hydrogen (secondary N) is 1. The van der Waals surface area contributed by atoms with Crippen molar-refractivity contribution >= 4 is 23.4 Å². The van der Waals surface area contributed by atoms with Crippen molar-refractivity contribution in [1.82, 2.24) is 9.97 Å². The number of carbonyl (C=O) groups excluding carboxylic acids is 1. The quantitative estimate of drug-likeness (QED) is 0.595. The molecule has 1 N–H and O–H groups in total. The maximum atomic E-state index is 11.3. The van der Waals surface area contributed by atoms with E-state index >= 15 is 0 Å². The molecule has 6 heteroatoms. The van der Waals surface area contributed by atoms with Crippen LogP contribution in [0, 0.1) is 6.92 Å². The van der Waals surface area contributed by atoms with Crippen molar-refractivity contribution in [1.29, 1.82) is 0 Å². The number of anilines is 1. The fourth-order valence-corrected chi connectivity index (χ4v) is 1.28. The molecule has 14 heavy (non-hydrogen) atoms. The summed E-state index contributed by atoms with van der Waals surface area (Å²) in [5.74, 6) is -0.113. The molecule has 1 rings (SSSR count). The van der Waals surface area contributed by atoms with E-state index in [-0.39, 0.29) is 5.28 Å². The van der Waals surface area contributed by atoms with Gasteiger partial charge in [0.25, 0.3) is 0 Å². The average Bonchev–Trinajstić information content (AvgIpc) is 2.15. The molecular weight excluding hydrogens is 206 g/mol. The van der Waals surface area contributed by atoms with E-state index in [1.165, 1.54) is 7.11 Å². The monoisotopic (exact) mass is 215 g/mol. The number of hydrogen-bond donors (Lipinski definition) is 1. The third-order valence-corrected chi connectivity index (χ3v) is 1.86. The van der Waals surface area contributed by atoms with Crippen molar-refractivity contribution in [2.45, 2.75) is 6.92 Å². The molecule has 0 amide bonds. The lowest BCUT2D eigenvalue weighted by atomic mass is 10.2. The summed E-state index contributed by atoms with van der Waals surface area (Å²) >= 11 is 5.63. The molecule has 76 valence electrons. The second-order valence-electron chi connectivity index (χ2n) is 2.54. The molecule has 5 nitrogen and oxygen atoms in total. The van der Waals surface area contributed by atoms with Crippen LogP contribution < -0.4 is 5.32 Å². The first-order valence-corrected chi connectivity index (χ1v) is 4.28. The van der Waals surface area contributed by atoms with Gasteiger partial charge in [0.2, 0.25) is 5.28 Å². The predicted octanol–water partition coefficient (Wildman–Crippen LogP) is 1.27. The number of halogens is 1. The van der Waals surface area contributed by atoms with Crippen LogP contribution in [0.4, 0.5) is 5.82 Å². The molecular formula is C8H10ClN3O2. The van der Waals surface area contributed by atoms with E-state index in [1.54, 1.807) is 14.0 Å². The van der Waals surface area contributed by atoms with E-state index in [0.717, 1.165) is 0 Å². The van der Waals surface area contributed by atoms with Gasteiger partial charge in [0, 0.05) is 7.05 Å². The van der Waals surface area contributed by atoms with E-state index in [1.807, 2.05) is 0 Å². The summed E-state index contributed by atoms with van der Waals surface area (Å²) in [6.07, 6.45) is 0. The van der Waals surface area contributed by atoms with Crippen LogP contribution in [-0.2, 0) is 4.74 Å². The van der Waals surface area contributed by atoms with Crippen molar-refractivity contribution in [3.8, 4) is 0 Å². The highest BCUT2D eigenvalue weighted by atomic mass is 35.5. The SMILES string of the molecule is CNc1nc(Cl)nc(C)c1C(=O)OC. The van der Waals surface area contributed by atoms with Crippen LogP contribution in [-0.4, -0.2) is 30.1 Å². The predicted molar refractivity (Wildman–Crippen MR) is 52.7 cm³/mol. The third kappa shape index (κ3) is 1.93. The highest BCUT2D eigenvalue weighted by molar-refractivity contribution is 6.28. The lowest BCUT2D eigenvalue weighted by molar-refractivity contribution is 0.0600. The van der Waals surface area contributed by atoms with Gasteiger partial charge in [0.15, 0.2) is 0 Å². The minimum absolute atomic E-state index is 0.0968. The molecule has 0 fully saturated rings. The van der Waals surface area contributed by atoms with Gasteiger partial charge in [-0.25, -0.2) is 9.78 Å². The van der Waals surface area contributed by atoms with Gasteiger partial charge in [-0.2, -0.15) is 4.98 Å². The fraction of sp³-hybridized carbons (Fsp3) is 0.375. The smallest absolute Gasteiger partial charge is 0.343 e. The third-order valence-electron chi connectivity index (χ3n) is 1.69. The van der Waals surface area contributed by atoms with Gasteiger partial charge in [0.1, 0.15) is 11.4 Å². The minimum Gasteiger partial charge on any atom is -0.465 e. The lowest BCUT2D eigenvalue weighted by Crippen LogP contribution is -2.11. The molecule has 0 atom stereocenters. The summed E-state index contributed by atoms with van der Waals surface area (Å²) in [7, 11) is 2.94. The summed E-state index contributed by atoms with van der Waals surface area (Å²) in [6, 6.07) is 0. The highest BCUT2D eigenvalue weighted by Gasteiger charge is 2.17. The summed E-state index contributed by atoms with van der Waals surface area (Å²) in [5.41, 5.74) is 0.792. The van der Waals surface area contributed by atoms with Crippen molar-refractivity contribution in [2.75, 3.05) is 19.5 Å². The Morgan fingerprint density at radius 2 is 2.14 bits per heavy atom. The summed E-state index contributed by atoms with van der Waals surface area (Å²) < 4.78 is 4.60. The second-order valence-corrected chi connectivity index (χ2v) is 2.88. The summed E-state index contributed by atoms with van der Waals surface area (Å²) in [4.78, 5) is 19.1. The second kappa shape index (κ2) is 4.23. The fourth-order valence-electron chi connectivity index (χ4n) is 1.07. The van der Waals surface area contributed by atoms with Crippen molar-refractivity contribution < 1.29 is 9.53 Å². The Bertz CT molecular complexity index is 368. The summed E-state index contributed by atoms with van der Waals surface area (Å²) in [5, 5.41) is 2.85. The number of aryl methyl sites for hydroxylation is 1. The van der Waals surface area contributed by atoms with Crippen LogP contribution in [0.5, 0.6) is 0 Å². The Morgan fingerprint density at radius 3 is 2.64 bits per heavy atom. The topological polar surface area (TPSA) is 64.1 Å². The summed E-state index contributed by atoms with van der Waals surface area (Å²) in [6.45, 7) is 1.67. The zero-order valence-corrected chi connectivity index (χ0v) is 8.84. The van der Waals surface area contributed by atoms with Crippen LogP contribution in [0.2, 0.25) is 5.28 Å². The molecule has 0 radical (unpaired) electrons. The van der Waals surface area contributed by atoms with E-state index in [4.69, 9.17) is 11.6 Å². The normalized spacial score (nSPS) is 9.71. The molecule has 0 saturated heterocycles. The molecule has 0 saturated carbocycles. The molecule has 0 aromatic carbocycles. The lowest BCUT2D eigenvalue weighted by Gasteiger charge is -2.08. The largest absolute Gasteiger partial charge is 0.465 e. The van der Waals surface area contributed by atoms with Gasteiger partial charge in [-0.05, 0) is 18.5 Å². The van der Waals surface area contributed by atoms with E-state index in [9.17, 15) is 4.79 Å². The number of carbonyl (C=O) groups is 1. The Morgan fingerprint density at radius 1 is 1.50 bits per heavy atom. The van der Waals surface area contributed by atoms with Crippen molar-refractivity contribution in [3.63, 3.8) is 0 Å². The molecule has 1 aromatic heterocycles. The van der Waals surface area contributed by atoms with E-state index < -0.39 is 5.97 Å². The van der Waals surface area contributed by atoms with Crippen LogP contribution >= 0.6 is 11.6 Å². The number of nitrogens with zero attached hydrogens (tertiary/aromatic N) is 2. The van der Waals surface area contributed by atoms with Gasteiger partial charge < -0.3 is 10.1 Å². The van der Waals surface area contributed by atoms with Gasteiger partial charge in [-0.3, -0.25) is 0 Å². The van der Waals surface area contributed by atoms with Crippen molar-refractivity contribution in [3.05, 3.63) is 16.5 Å². The van der Waals surface area contributed by atoms with Gasteiger partial charge in [0.05, 0.1) is 12.8 Å². The maximum Gasteiger partial charge on any atom is 0.343 e. The number of ether oxygens (including phenoxy) is 1. The number of methoxy groups -OCH3 is 1. The van der Waals surface area contributed by atoms with Gasteiger partial charge in [-0.1, -0.05) is 0 Å². The van der Waals surface area contributed by atoms with E-state index in [0.29, 0.717) is 17.1 Å². The molecule has 0 bridgehead atoms. The van der Waals surface area contributed by atoms with Crippen LogP contribution in [0.15, 0.2) is 0 Å². The van der Waals surface area contributed by atoms with Gasteiger partial charge >= 0.3 is 5.97 Å². The zero-order chi connectivity index (χ0) is 10.7. The number of aromatic nitrogens is 2. The Balaban J connectivity index is 3.32. The Labute approximate surface area is 86.5 Å². The first kappa shape index (κ1) is 10.7. The molecule has 0 spiro atoms. The zero-order valence-electron chi connectivity index (χ0n) is 8.09. The molecule has 1 heterocycles. The minimum atomic E-state index is -0.483.